The summed E-state index contributed by atoms with van der Waals surface area (Å²) in [4.78, 5) is 0. The molecule has 4 heteroatoms. The van der Waals surface area contributed by atoms with Crippen LogP contribution in [0.15, 0.2) is 36.4 Å². The molecular weight excluding hydrogens is 279 g/mol. The van der Waals surface area contributed by atoms with Crippen molar-refractivity contribution in [2.24, 2.45) is 0 Å². The van der Waals surface area contributed by atoms with Crippen molar-refractivity contribution in [3.63, 3.8) is 0 Å². The topological polar surface area (TPSA) is 18.5 Å². The van der Waals surface area contributed by atoms with Crippen LogP contribution in [0.5, 0.6) is 11.5 Å². The zero-order valence-electron chi connectivity index (χ0n) is 11.2. The Balaban J connectivity index is 2.30. The molecule has 0 unspecified atom stereocenters. The Morgan fingerprint density at radius 3 is 2.15 bits per heavy atom. The molecule has 2 nitrogen and oxygen atoms in total. The minimum absolute atomic E-state index is 0.352. The molecule has 0 aliphatic carbocycles. The molecule has 2 rings (SSSR count). The van der Waals surface area contributed by atoms with Gasteiger partial charge in [0.05, 0.1) is 19.2 Å². The Morgan fingerprint density at radius 1 is 0.950 bits per heavy atom. The molecule has 0 radical (unpaired) electrons. The van der Waals surface area contributed by atoms with E-state index in [9.17, 15) is 4.39 Å². The number of methoxy groups -OCH3 is 2. The fraction of sp³-hybridized carbons (Fsp3) is 0.125. The highest BCUT2D eigenvalue weighted by molar-refractivity contribution is 6.32. The van der Waals surface area contributed by atoms with Gasteiger partial charge in [-0.05, 0) is 35.4 Å². The van der Waals surface area contributed by atoms with Gasteiger partial charge in [-0.25, -0.2) is 4.39 Å². The van der Waals surface area contributed by atoms with E-state index in [1.807, 2.05) is 24.3 Å². The quantitative estimate of drug-likeness (QED) is 0.763. The summed E-state index contributed by atoms with van der Waals surface area (Å²) in [5, 5.41) is 0.371. The molecule has 0 aromatic heterocycles. The zero-order valence-corrected chi connectivity index (χ0v) is 11.9. The normalized spacial score (nSPS) is 10.8. The first-order chi connectivity index (χ1) is 9.62. The van der Waals surface area contributed by atoms with Crippen LogP contribution in [-0.4, -0.2) is 14.2 Å². The molecule has 0 saturated heterocycles. The number of benzene rings is 2. The molecule has 20 heavy (non-hydrogen) atoms. The average Bonchev–Trinajstić information content (AvgIpc) is 2.46. The van der Waals surface area contributed by atoms with Crippen molar-refractivity contribution in [1.82, 2.24) is 0 Å². The maximum Gasteiger partial charge on any atom is 0.124 e. The number of ether oxygens (including phenoxy) is 2. The number of rotatable bonds is 4. The monoisotopic (exact) mass is 292 g/mol. The van der Waals surface area contributed by atoms with Gasteiger partial charge in [-0.3, -0.25) is 0 Å². The van der Waals surface area contributed by atoms with E-state index >= 15 is 0 Å². The van der Waals surface area contributed by atoms with Gasteiger partial charge in [0.25, 0.3) is 0 Å². The Kier molecular flexibility index (Phi) is 4.64. The van der Waals surface area contributed by atoms with E-state index in [1.165, 1.54) is 12.1 Å². The molecule has 2 aromatic rings. The third-order valence-corrected chi connectivity index (χ3v) is 3.12. The second kappa shape index (κ2) is 6.44. The lowest BCUT2D eigenvalue weighted by molar-refractivity contribution is 0.394. The Morgan fingerprint density at radius 2 is 1.60 bits per heavy atom. The van der Waals surface area contributed by atoms with Crippen LogP contribution in [0, 0.1) is 5.82 Å². The smallest absolute Gasteiger partial charge is 0.124 e. The van der Waals surface area contributed by atoms with Crippen LogP contribution in [0.3, 0.4) is 0 Å². The molecule has 104 valence electrons. The molecule has 0 atom stereocenters. The van der Waals surface area contributed by atoms with E-state index < -0.39 is 0 Å². The molecule has 0 aliphatic rings. The minimum atomic E-state index is -0.352. The van der Waals surface area contributed by atoms with Crippen LogP contribution in [0.25, 0.3) is 12.2 Å². The standard InChI is InChI=1S/C16H14ClFO2/c1-19-14-7-11(8-15(10-14)20-2)3-4-12-5-6-13(18)9-16(12)17/h3-10H,1-2H3. The van der Waals surface area contributed by atoms with Crippen molar-refractivity contribution >= 4 is 23.8 Å². The van der Waals surface area contributed by atoms with Gasteiger partial charge >= 0.3 is 0 Å². The highest BCUT2D eigenvalue weighted by Crippen LogP contribution is 2.25. The first-order valence-corrected chi connectivity index (χ1v) is 6.36. The molecule has 0 aliphatic heterocycles. The van der Waals surface area contributed by atoms with Crippen molar-refractivity contribution < 1.29 is 13.9 Å². The lowest BCUT2D eigenvalue weighted by Gasteiger charge is -2.06. The zero-order chi connectivity index (χ0) is 14.5. The Bertz CT molecular complexity index is 616. The molecule has 0 spiro atoms. The molecule has 0 saturated carbocycles. The second-order valence-corrected chi connectivity index (χ2v) is 4.55. The third-order valence-electron chi connectivity index (χ3n) is 2.79. The molecule has 0 heterocycles. The van der Waals surface area contributed by atoms with E-state index in [4.69, 9.17) is 21.1 Å². The van der Waals surface area contributed by atoms with Gasteiger partial charge in [0.2, 0.25) is 0 Å². The van der Waals surface area contributed by atoms with Crippen LogP contribution in [-0.2, 0) is 0 Å². The van der Waals surface area contributed by atoms with Gasteiger partial charge in [-0.2, -0.15) is 0 Å². The minimum Gasteiger partial charge on any atom is -0.497 e. The van der Waals surface area contributed by atoms with Crippen molar-refractivity contribution in [1.29, 1.82) is 0 Å². The van der Waals surface area contributed by atoms with Crippen LogP contribution in [0.4, 0.5) is 4.39 Å². The van der Waals surface area contributed by atoms with E-state index in [0.717, 1.165) is 11.1 Å². The maximum atomic E-state index is 13.0. The summed E-state index contributed by atoms with van der Waals surface area (Å²) >= 11 is 5.97. The molecule has 0 bridgehead atoms. The summed E-state index contributed by atoms with van der Waals surface area (Å²) in [6.07, 6.45) is 3.68. The summed E-state index contributed by atoms with van der Waals surface area (Å²) < 4.78 is 23.4. The largest absolute Gasteiger partial charge is 0.497 e. The number of halogens is 2. The van der Waals surface area contributed by atoms with Crippen molar-refractivity contribution in [3.05, 3.63) is 58.4 Å². The summed E-state index contributed by atoms with van der Waals surface area (Å²) in [5.41, 5.74) is 1.65. The molecule has 0 amide bonds. The Labute approximate surface area is 122 Å². The predicted octanol–water partition coefficient (Wildman–Crippen LogP) is 4.67. The van der Waals surface area contributed by atoms with Gasteiger partial charge in [-0.15, -0.1) is 0 Å². The van der Waals surface area contributed by atoms with Crippen LogP contribution < -0.4 is 9.47 Å². The second-order valence-electron chi connectivity index (χ2n) is 4.15. The van der Waals surface area contributed by atoms with Gasteiger partial charge in [0, 0.05) is 6.07 Å². The molecule has 0 fully saturated rings. The molecule has 0 N–H and O–H groups in total. The average molecular weight is 293 g/mol. The first kappa shape index (κ1) is 14.4. The maximum absolute atomic E-state index is 13.0. The van der Waals surface area contributed by atoms with E-state index in [0.29, 0.717) is 16.5 Å². The Hall–Kier alpha value is -2.00. The van der Waals surface area contributed by atoms with E-state index in [2.05, 4.69) is 0 Å². The summed E-state index contributed by atoms with van der Waals surface area (Å²) in [6, 6.07) is 9.83. The fourth-order valence-electron chi connectivity index (χ4n) is 1.75. The number of hydrogen-bond acceptors (Lipinski definition) is 2. The van der Waals surface area contributed by atoms with E-state index in [1.54, 1.807) is 26.4 Å². The van der Waals surface area contributed by atoms with Crippen molar-refractivity contribution in [3.8, 4) is 11.5 Å². The SMILES string of the molecule is COc1cc(C=Cc2ccc(F)cc2Cl)cc(OC)c1. The van der Waals surface area contributed by atoms with Gasteiger partial charge in [-0.1, -0.05) is 29.8 Å². The first-order valence-electron chi connectivity index (χ1n) is 5.98. The molecular formula is C16H14ClFO2. The lowest BCUT2D eigenvalue weighted by Crippen LogP contribution is -1.88. The van der Waals surface area contributed by atoms with Gasteiger partial charge < -0.3 is 9.47 Å². The fourth-order valence-corrected chi connectivity index (χ4v) is 1.98. The van der Waals surface area contributed by atoms with Gasteiger partial charge in [0.1, 0.15) is 17.3 Å². The van der Waals surface area contributed by atoms with E-state index in [-0.39, 0.29) is 5.82 Å². The summed E-state index contributed by atoms with van der Waals surface area (Å²) in [5.74, 6) is 1.05. The predicted molar refractivity (Wildman–Crippen MR) is 79.9 cm³/mol. The molecule has 2 aromatic carbocycles. The highest BCUT2D eigenvalue weighted by Gasteiger charge is 2.01. The summed E-state index contributed by atoms with van der Waals surface area (Å²) in [6.45, 7) is 0. The van der Waals surface area contributed by atoms with Crippen molar-refractivity contribution in [2.75, 3.05) is 14.2 Å². The van der Waals surface area contributed by atoms with Crippen LogP contribution in [0.2, 0.25) is 5.02 Å². The number of hydrogen-bond donors (Lipinski definition) is 0. The highest BCUT2D eigenvalue weighted by atomic mass is 35.5. The van der Waals surface area contributed by atoms with Crippen LogP contribution >= 0.6 is 11.6 Å². The lowest BCUT2D eigenvalue weighted by atomic mass is 10.1. The van der Waals surface area contributed by atoms with Gasteiger partial charge in [0.15, 0.2) is 0 Å². The summed E-state index contributed by atoms with van der Waals surface area (Å²) in [7, 11) is 3.19. The van der Waals surface area contributed by atoms with Crippen molar-refractivity contribution in [2.45, 2.75) is 0 Å². The third kappa shape index (κ3) is 3.52. The van der Waals surface area contributed by atoms with Crippen LogP contribution in [0.1, 0.15) is 11.1 Å².